The fourth-order valence-corrected chi connectivity index (χ4v) is 5.13. The van der Waals surface area contributed by atoms with Crippen molar-refractivity contribution in [1.29, 1.82) is 0 Å². The van der Waals surface area contributed by atoms with Crippen molar-refractivity contribution in [1.82, 2.24) is 9.88 Å². The largest absolute Gasteiger partial charge is 0.394 e. The molecule has 0 spiro atoms. The molecule has 1 unspecified atom stereocenters. The van der Waals surface area contributed by atoms with E-state index < -0.39 is 0 Å². The first kappa shape index (κ1) is 27.4. The van der Waals surface area contributed by atoms with Gasteiger partial charge in [0, 0.05) is 25.8 Å². The molecular weight excluding hydrogens is 505 g/mol. The Hall–Kier alpha value is -2.60. The maximum absolute atomic E-state index is 14.0. The van der Waals surface area contributed by atoms with Gasteiger partial charge in [-0.3, -0.25) is 4.79 Å². The number of halogens is 2. The van der Waals surface area contributed by atoms with E-state index in [9.17, 15) is 9.90 Å². The fourth-order valence-electron chi connectivity index (χ4n) is 4.81. The van der Waals surface area contributed by atoms with E-state index in [4.69, 9.17) is 23.2 Å². The summed E-state index contributed by atoms with van der Waals surface area (Å²) in [4.78, 5) is 22.6. The zero-order valence-electron chi connectivity index (χ0n) is 21.8. The molecule has 37 heavy (non-hydrogen) atoms. The number of aromatic nitrogens is 1. The Bertz CT molecular complexity index is 1220. The summed E-state index contributed by atoms with van der Waals surface area (Å²) in [6.45, 7) is 8.38. The van der Waals surface area contributed by atoms with Gasteiger partial charge in [0.15, 0.2) is 0 Å². The van der Waals surface area contributed by atoms with E-state index in [0.717, 1.165) is 30.5 Å². The lowest BCUT2D eigenvalue weighted by molar-refractivity contribution is 0.0745. The first-order valence-corrected chi connectivity index (χ1v) is 13.6. The van der Waals surface area contributed by atoms with E-state index in [2.05, 4.69) is 54.9 Å². The average molecular weight is 541 g/mol. The van der Waals surface area contributed by atoms with Crippen LogP contribution in [0.15, 0.2) is 60.8 Å². The average Bonchev–Trinajstić information content (AvgIpc) is 3.37. The summed E-state index contributed by atoms with van der Waals surface area (Å²) in [5.41, 5.74) is 3.95. The summed E-state index contributed by atoms with van der Waals surface area (Å²) in [6, 6.07) is 17.7. The van der Waals surface area contributed by atoms with Crippen molar-refractivity contribution in [3.8, 4) is 0 Å². The monoisotopic (exact) mass is 539 g/mol. The van der Waals surface area contributed by atoms with Crippen LogP contribution in [0, 0.1) is 0 Å². The second-order valence-corrected chi connectivity index (χ2v) is 11.5. The first-order chi connectivity index (χ1) is 17.7. The van der Waals surface area contributed by atoms with Gasteiger partial charge < -0.3 is 14.9 Å². The van der Waals surface area contributed by atoms with Gasteiger partial charge in [-0.05, 0) is 65.6 Å². The standard InChI is InChI=1S/C30H35Cl2N3O2/c1-30(2,3)23-11-8-22(9-12-23)19-34(17-14-21-10-13-26(31)27(32)18-21)29(37)25-7-4-15-33-28(25)35-16-5-6-24(35)20-36/h4,7-13,15,18,24,36H,5-6,14,16-17,19-20H2,1-3H3. The van der Waals surface area contributed by atoms with Crippen LogP contribution in [0.5, 0.6) is 0 Å². The van der Waals surface area contributed by atoms with E-state index in [1.165, 1.54) is 5.56 Å². The van der Waals surface area contributed by atoms with Crippen LogP contribution in [0.2, 0.25) is 10.0 Å². The summed E-state index contributed by atoms with van der Waals surface area (Å²) in [6.07, 6.45) is 4.21. The Morgan fingerprint density at radius 2 is 1.81 bits per heavy atom. The molecule has 0 bridgehead atoms. The van der Waals surface area contributed by atoms with Gasteiger partial charge in [-0.1, -0.05) is 74.3 Å². The van der Waals surface area contributed by atoms with Crippen molar-refractivity contribution < 1.29 is 9.90 Å². The number of pyridine rings is 1. The second kappa shape index (κ2) is 11.8. The van der Waals surface area contributed by atoms with E-state index in [0.29, 0.717) is 40.9 Å². The number of aliphatic hydroxyl groups excluding tert-OH is 1. The highest BCUT2D eigenvalue weighted by Crippen LogP contribution is 2.29. The summed E-state index contributed by atoms with van der Waals surface area (Å²) < 4.78 is 0. The van der Waals surface area contributed by atoms with Crippen molar-refractivity contribution in [2.24, 2.45) is 0 Å². The Morgan fingerprint density at radius 3 is 2.49 bits per heavy atom. The Morgan fingerprint density at radius 1 is 1.08 bits per heavy atom. The van der Waals surface area contributed by atoms with Crippen LogP contribution in [0.1, 0.15) is 60.7 Å². The quantitative estimate of drug-likeness (QED) is 0.353. The number of hydrogen-bond donors (Lipinski definition) is 1. The number of amides is 1. The zero-order valence-corrected chi connectivity index (χ0v) is 23.3. The number of benzene rings is 2. The number of carbonyl (C=O) groups is 1. The molecule has 1 N–H and O–H groups in total. The summed E-state index contributed by atoms with van der Waals surface area (Å²) in [5.74, 6) is 0.568. The number of carbonyl (C=O) groups excluding carboxylic acids is 1. The molecule has 2 heterocycles. The Balaban J connectivity index is 1.63. The smallest absolute Gasteiger partial charge is 0.257 e. The molecule has 3 aromatic rings. The van der Waals surface area contributed by atoms with Crippen molar-refractivity contribution >= 4 is 34.9 Å². The van der Waals surface area contributed by atoms with E-state index >= 15 is 0 Å². The van der Waals surface area contributed by atoms with Crippen LogP contribution < -0.4 is 4.90 Å². The fraction of sp³-hybridized carbons (Fsp3) is 0.400. The van der Waals surface area contributed by atoms with Gasteiger partial charge in [-0.25, -0.2) is 4.98 Å². The normalized spacial score (nSPS) is 15.7. The molecule has 1 atom stereocenters. The molecule has 1 aliphatic rings. The number of nitrogens with zero attached hydrogens (tertiary/aromatic N) is 3. The lowest BCUT2D eigenvalue weighted by Gasteiger charge is -2.29. The Kier molecular flexibility index (Phi) is 8.79. The minimum Gasteiger partial charge on any atom is -0.394 e. The number of rotatable bonds is 8. The van der Waals surface area contributed by atoms with Crippen LogP contribution in [0.4, 0.5) is 5.82 Å². The van der Waals surface area contributed by atoms with E-state index in [1.807, 2.05) is 23.1 Å². The third-order valence-corrected chi connectivity index (χ3v) is 7.75. The molecule has 0 aliphatic carbocycles. The molecular formula is C30H35Cl2N3O2. The van der Waals surface area contributed by atoms with Crippen LogP contribution in [-0.2, 0) is 18.4 Å². The highest BCUT2D eigenvalue weighted by molar-refractivity contribution is 6.42. The number of aliphatic hydroxyl groups is 1. The highest BCUT2D eigenvalue weighted by atomic mass is 35.5. The van der Waals surface area contributed by atoms with E-state index in [-0.39, 0.29) is 24.0 Å². The predicted octanol–water partition coefficient (Wildman–Crippen LogP) is 6.53. The molecule has 4 rings (SSSR count). The van der Waals surface area contributed by atoms with Gasteiger partial charge in [0.1, 0.15) is 5.82 Å². The maximum atomic E-state index is 14.0. The molecule has 7 heteroatoms. The third-order valence-electron chi connectivity index (χ3n) is 7.01. The molecule has 1 aromatic heterocycles. The van der Waals surface area contributed by atoms with E-state index in [1.54, 1.807) is 18.3 Å². The SMILES string of the molecule is CC(C)(C)c1ccc(CN(CCc2ccc(Cl)c(Cl)c2)C(=O)c2cccnc2N2CCCC2CO)cc1. The molecule has 1 fully saturated rings. The van der Waals surface area contributed by atoms with Crippen LogP contribution >= 0.6 is 23.2 Å². The first-order valence-electron chi connectivity index (χ1n) is 12.8. The van der Waals surface area contributed by atoms with Crippen molar-refractivity contribution in [3.63, 3.8) is 0 Å². The number of hydrogen-bond acceptors (Lipinski definition) is 4. The van der Waals surface area contributed by atoms with Gasteiger partial charge in [-0.2, -0.15) is 0 Å². The minimum absolute atomic E-state index is 0.0175. The second-order valence-electron chi connectivity index (χ2n) is 10.7. The maximum Gasteiger partial charge on any atom is 0.257 e. The molecule has 2 aromatic carbocycles. The topological polar surface area (TPSA) is 56.7 Å². The zero-order chi connectivity index (χ0) is 26.6. The van der Waals surface area contributed by atoms with Crippen LogP contribution in [0.25, 0.3) is 0 Å². The van der Waals surface area contributed by atoms with Gasteiger partial charge in [0.05, 0.1) is 28.3 Å². The Labute approximate surface area is 230 Å². The van der Waals surface area contributed by atoms with Crippen molar-refractivity contribution in [2.45, 2.75) is 58.0 Å². The van der Waals surface area contributed by atoms with Crippen LogP contribution in [0.3, 0.4) is 0 Å². The molecule has 1 aliphatic heterocycles. The predicted molar refractivity (Wildman–Crippen MR) is 152 cm³/mol. The van der Waals surface area contributed by atoms with Gasteiger partial charge >= 0.3 is 0 Å². The molecule has 1 saturated heterocycles. The summed E-state index contributed by atoms with van der Waals surface area (Å²) in [5, 5.41) is 10.9. The highest BCUT2D eigenvalue weighted by Gasteiger charge is 2.30. The minimum atomic E-state index is -0.0772. The summed E-state index contributed by atoms with van der Waals surface area (Å²) in [7, 11) is 0. The van der Waals surface area contributed by atoms with Crippen LogP contribution in [-0.4, -0.2) is 46.6 Å². The van der Waals surface area contributed by atoms with Crippen molar-refractivity contribution in [2.75, 3.05) is 24.6 Å². The molecule has 0 radical (unpaired) electrons. The lowest BCUT2D eigenvalue weighted by atomic mass is 9.87. The molecule has 0 saturated carbocycles. The number of anilines is 1. The summed E-state index contributed by atoms with van der Waals surface area (Å²) >= 11 is 12.3. The lowest BCUT2D eigenvalue weighted by Crippen LogP contribution is -2.37. The van der Waals surface area contributed by atoms with Gasteiger partial charge in [-0.15, -0.1) is 0 Å². The van der Waals surface area contributed by atoms with Gasteiger partial charge in [0.2, 0.25) is 0 Å². The molecule has 5 nitrogen and oxygen atoms in total. The third kappa shape index (κ3) is 6.64. The molecule has 196 valence electrons. The van der Waals surface area contributed by atoms with Gasteiger partial charge in [0.25, 0.3) is 5.91 Å². The molecule has 1 amide bonds. The van der Waals surface area contributed by atoms with Crippen molar-refractivity contribution in [3.05, 3.63) is 93.1 Å².